The molecule has 1 aromatic rings. The van der Waals surface area contributed by atoms with Gasteiger partial charge in [-0.15, -0.1) is 0 Å². The fourth-order valence-electron chi connectivity index (χ4n) is 2.12. The molecule has 0 unspecified atom stereocenters. The third-order valence-corrected chi connectivity index (χ3v) is 5.95. The van der Waals surface area contributed by atoms with Crippen LogP contribution in [0.3, 0.4) is 0 Å². The molecule has 0 aromatic heterocycles. The molecule has 3 heteroatoms. The summed E-state index contributed by atoms with van der Waals surface area (Å²) in [5.74, 6) is 1.62. The first kappa shape index (κ1) is 13.7. The van der Waals surface area contributed by atoms with E-state index in [0.29, 0.717) is 27.5 Å². The molecule has 0 radical (unpaired) electrons. The fourth-order valence-corrected chi connectivity index (χ4v) is 4.30. The Morgan fingerprint density at radius 1 is 1.33 bits per heavy atom. The summed E-state index contributed by atoms with van der Waals surface area (Å²) in [6.45, 7) is 7.07. The molecular formula is C15H20O2Se. The molecule has 1 aromatic carbocycles. The summed E-state index contributed by atoms with van der Waals surface area (Å²) in [5, 5.41) is 0. The molecule has 0 spiro atoms. The van der Waals surface area contributed by atoms with E-state index in [0.717, 1.165) is 12.2 Å². The van der Waals surface area contributed by atoms with Gasteiger partial charge >= 0.3 is 115 Å². The van der Waals surface area contributed by atoms with Crippen LogP contribution in [0.25, 0.3) is 0 Å². The number of benzene rings is 1. The first-order chi connectivity index (χ1) is 8.70. The molecule has 0 fully saturated rings. The molecule has 0 saturated heterocycles. The molecule has 0 N–H and O–H groups in total. The quantitative estimate of drug-likeness (QED) is 0.796. The van der Waals surface area contributed by atoms with Crippen molar-refractivity contribution in [2.24, 2.45) is 5.92 Å². The molecule has 2 rings (SSSR count). The van der Waals surface area contributed by atoms with E-state index in [9.17, 15) is 0 Å². The minimum atomic E-state index is -0.0553. The maximum absolute atomic E-state index is 5.85. The zero-order valence-corrected chi connectivity index (χ0v) is 12.9. The van der Waals surface area contributed by atoms with Crippen LogP contribution in [0.1, 0.15) is 27.2 Å². The van der Waals surface area contributed by atoms with Gasteiger partial charge in [-0.3, -0.25) is 0 Å². The van der Waals surface area contributed by atoms with E-state index in [2.05, 4.69) is 44.2 Å². The fraction of sp³-hybridized carbons (Fsp3) is 0.467. The molecule has 0 aliphatic carbocycles. The Labute approximate surface area is 116 Å². The predicted molar refractivity (Wildman–Crippen MR) is 74.8 cm³/mol. The van der Waals surface area contributed by atoms with Gasteiger partial charge in [-0.25, -0.2) is 0 Å². The average Bonchev–Trinajstić information content (AvgIpc) is 2.36. The summed E-state index contributed by atoms with van der Waals surface area (Å²) in [4.78, 5) is 0. The number of hydrogen-bond acceptors (Lipinski definition) is 2. The van der Waals surface area contributed by atoms with Crippen molar-refractivity contribution in [3.8, 4) is 0 Å². The van der Waals surface area contributed by atoms with Gasteiger partial charge in [0.25, 0.3) is 0 Å². The van der Waals surface area contributed by atoms with Crippen LogP contribution in [0.15, 0.2) is 40.6 Å². The Bertz CT molecular complexity index is 414. The molecule has 1 aliphatic rings. The first-order valence-corrected chi connectivity index (χ1v) is 8.14. The molecule has 0 amide bonds. The van der Waals surface area contributed by atoms with E-state index in [1.807, 2.05) is 6.92 Å². The topological polar surface area (TPSA) is 18.5 Å². The number of allylic oxidation sites excluding steroid dienone is 2. The summed E-state index contributed by atoms with van der Waals surface area (Å²) in [5.41, 5.74) is 0. The summed E-state index contributed by atoms with van der Waals surface area (Å²) in [6, 6.07) is 10.7. The summed E-state index contributed by atoms with van der Waals surface area (Å²) in [7, 11) is 0. The van der Waals surface area contributed by atoms with Crippen molar-refractivity contribution in [2.45, 2.75) is 33.5 Å². The Morgan fingerprint density at radius 2 is 2.06 bits per heavy atom. The van der Waals surface area contributed by atoms with Crippen LogP contribution < -0.4 is 4.46 Å². The van der Waals surface area contributed by atoms with Gasteiger partial charge in [-0.05, 0) is 0 Å². The second-order valence-corrected chi connectivity index (χ2v) is 6.82. The Balaban J connectivity index is 2.10. The first-order valence-electron chi connectivity index (χ1n) is 6.42. The van der Waals surface area contributed by atoms with Gasteiger partial charge in [-0.1, -0.05) is 0 Å². The van der Waals surface area contributed by atoms with Gasteiger partial charge in [0.1, 0.15) is 0 Å². The van der Waals surface area contributed by atoms with Crippen LogP contribution in [0.2, 0.25) is 0 Å². The molecule has 2 nitrogen and oxygen atoms in total. The normalized spacial score (nSPS) is 23.9. The second-order valence-electron chi connectivity index (χ2n) is 4.48. The molecule has 1 heterocycles. The standard InChI is InChI=1S/C15H20O2Se/c1-4-16-14-10-11(2)15(12(3)17-14)18-13-8-6-5-7-9-13/h5-9,11,14H,4,10H2,1-3H3/t11-,14-/m1/s1. The van der Waals surface area contributed by atoms with E-state index < -0.39 is 0 Å². The monoisotopic (exact) mass is 312 g/mol. The van der Waals surface area contributed by atoms with Gasteiger partial charge in [0.2, 0.25) is 0 Å². The third kappa shape index (κ3) is 3.38. The van der Waals surface area contributed by atoms with Crippen LogP contribution in [-0.2, 0) is 9.47 Å². The minimum absolute atomic E-state index is 0.0553. The molecule has 0 bridgehead atoms. The van der Waals surface area contributed by atoms with E-state index in [1.165, 1.54) is 8.93 Å². The van der Waals surface area contributed by atoms with Crippen LogP contribution in [0, 0.1) is 5.92 Å². The molecule has 0 saturated carbocycles. The zero-order valence-electron chi connectivity index (χ0n) is 11.2. The number of rotatable bonds is 4. The number of ether oxygens (including phenoxy) is 2. The molecule has 98 valence electrons. The van der Waals surface area contributed by atoms with Crippen LogP contribution >= 0.6 is 0 Å². The second kappa shape index (κ2) is 6.42. The van der Waals surface area contributed by atoms with Crippen molar-refractivity contribution in [2.75, 3.05) is 6.61 Å². The predicted octanol–water partition coefficient (Wildman–Crippen LogP) is 2.67. The van der Waals surface area contributed by atoms with Gasteiger partial charge in [0.05, 0.1) is 0 Å². The molecular weight excluding hydrogens is 291 g/mol. The maximum atomic E-state index is 5.85. The molecule has 18 heavy (non-hydrogen) atoms. The van der Waals surface area contributed by atoms with E-state index >= 15 is 0 Å². The van der Waals surface area contributed by atoms with E-state index in [4.69, 9.17) is 9.47 Å². The summed E-state index contributed by atoms with van der Waals surface area (Å²) >= 11 is 0.363. The van der Waals surface area contributed by atoms with Crippen molar-refractivity contribution in [3.05, 3.63) is 40.6 Å². The van der Waals surface area contributed by atoms with Gasteiger partial charge in [0, 0.05) is 0 Å². The third-order valence-electron chi connectivity index (χ3n) is 2.97. The van der Waals surface area contributed by atoms with Crippen molar-refractivity contribution >= 4 is 19.4 Å². The van der Waals surface area contributed by atoms with Crippen LogP contribution in [-0.4, -0.2) is 27.9 Å². The van der Waals surface area contributed by atoms with Gasteiger partial charge in [-0.2, -0.15) is 0 Å². The van der Waals surface area contributed by atoms with E-state index in [1.54, 1.807) is 0 Å². The van der Waals surface area contributed by atoms with Crippen LogP contribution in [0.4, 0.5) is 0 Å². The van der Waals surface area contributed by atoms with Crippen molar-refractivity contribution in [1.29, 1.82) is 0 Å². The SMILES string of the molecule is CCO[C@H]1C[C@@H](C)C([Se]c2ccccc2)=C(C)O1. The van der Waals surface area contributed by atoms with Crippen LogP contribution in [0.5, 0.6) is 0 Å². The van der Waals surface area contributed by atoms with Gasteiger partial charge in [0.15, 0.2) is 0 Å². The molecule has 1 aliphatic heterocycles. The van der Waals surface area contributed by atoms with Crippen molar-refractivity contribution in [1.82, 2.24) is 0 Å². The van der Waals surface area contributed by atoms with Crippen molar-refractivity contribution < 1.29 is 9.47 Å². The summed E-state index contributed by atoms with van der Waals surface area (Å²) in [6.07, 6.45) is 0.912. The Morgan fingerprint density at radius 3 is 2.67 bits per heavy atom. The van der Waals surface area contributed by atoms with Gasteiger partial charge < -0.3 is 0 Å². The Hall–Kier alpha value is -0.761. The summed E-state index contributed by atoms with van der Waals surface area (Å²) < 4.78 is 14.3. The van der Waals surface area contributed by atoms with E-state index in [-0.39, 0.29) is 6.29 Å². The average molecular weight is 311 g/mol. The number of hydrogen-bond donors (Lipinski definition) is 0. The van der Waals surface area contributed by atoms with Crippen molar-refractivity contribution in [3.63, 3.8) is 0 Å². The Kier molecular flexibility index (Phi) is 4.87. The molecule has 2 atom stereocenters. The zero-order chi connectivity index (χ0) is 13.0.